The van der Waals surface area contributed by atoms with E-state index in [4.69, 9.17) is 11.6 Å². The third kappa shape index (κ3) is 4.44. The van der Waals surface area contributed by atoms with Crippen LogP contribution in [-0.4, -0.2) is 18.0 Å². The first-order valence-corrected chi connectivity index (χ1v) is 7.66. The molecule has 0 aliphatic carbocycles. The molecule has 3 nitrogen and oxygen atoms in total. The number of halogens is 2. The first-order chi connectivity index (χ1) is 9.95. The van der Waals surface area contributed by atoms with Crippen LogP contribution in [0.5, 0.6) is 0 Å². The third-order valence-electron chi connectivity index (χ3n) is 3.02. The fraction of sp³-hybridized carbons (Fsp3) is 0.267. The molecule has 0 aliphatic rings. The first-order valence-electron chi connectivity index (χ1n) is 6.47. The number of urea groups is 1. The maximum Gasteiger partial charge on any atom is 0.317 e. The number of nitrogens with one attached hydrogen (secondary N) is 1. The van der Waals surface area contributed by atoms with Gasteiger partial charge in [-0.2, -0.15) is 0 Å². The van der Waals surface area contributed by atoms with E-state index in [-0.39, 0.29) is 17.9 Å². The molecule has 21 heavy (non-hydrogen) atoms. The summed E-state index contributed by atoms with van der Waals surface area (Å²) in [5.41, 5.74) is 0.750. The predicted molar refractivity (Wildman–Crippen MR) is 84.1 cm³/mol. The van der Waals surface area contributed by atoms with Crippen LogP contribution in [0.1, 0.15) is 23.4 Å². The molecule has 2 aromatic rings. The lowest BCUT2D eigenvalue weighted by atomic mass is 10.2. The minimum absolute atomic E-state index is 0.120. The molecule has 0 saturated heterocycles. The summed E-state index contributed by atoms with van der Waals surface area (Å²) in [7, 11) is 1.67. The van der Waals surface area contributed by atoms with E-state index in [0.717, 1.165) is 10.4 Å². The normalized spacial score (nSPS) is 12.0. The van der Waals surface area contributed by atoms with Crippen molar-refractivity contribution in [1.29, 1.82) is 0 Å². The van der Waals surface area contributed by atoms with Gasteiger partial charge in [-0.25, -0.2) is 9.18 Å². The van der Waals surface area contributed by atoms with Crippen LogP contribution < -0.4 is 5.32 Å². The standard InChI is InChI=1S/C15H16ClFN2OS/c1-10(13-6-7-14(16)21-13)18-15(20)19(2)9-11-4-3-5-12(17)8-11/h3-8,10H,9H2,1-2H3,(H,18,20). The molecular formula is C15H16ClFN2OS. The molecule has 112 valence electrons. The second-order valence-corrected chi connectivity index (χ2v) is 6.55. The van der Waals surface area contributed by atoms with E-state index in [1.807, 2.05) is 13.0 Å². The van der Waals surface area contributed by atoms with Crippen molar-refractivity contribution >= 4 is 29.0 Å². The zero-order valence-corrected chi connectivity index (χ0v) is 13.3. The zero-order chi connectivity index (χ0) is 15.4. The Kier molecular flexibility index (Phi) is 5.20. The second-order valence-electron chi connectivity index (χ2n) is 4.80. The number of nitrogens with zero attached hydrogens (tertiary/aromatic N) is 1. The van der Waals surface area contributed by atoms with Crippen molar-refractivity contribution in [3.8, 4) is 0 Å². The molecule has 1 unspecified atom stereocenters. The molecule has 6 heteroatoms. The monoisotopic (exact) mass is 326 g/mol. The Morgan fingerprint density at radius 2 is 2.19 bits per heavy atom. The summed E-state index contributed by atoms with van der Waals surface area (Å²) in [6.45, 7) is 2.25. The van der Waals surface area contributed by atoms with E-state index >= 15 is 0 Å². The summed E-state index contributed by atoms with van der Waals surface area (Å²) in [6, 6.07) is 9.59. The molecule has 0 bridgehead atoms. The van der Waals surface area contributed by atoms with E-state index in [9.17, 15) is 9.18 Å². The van der Waals surface area contributed by atoms with Crippen molar-refractivity contribution in [2.75, 3.05) is 7.05 Å². The quantitative estimate of drug-likeness (QED) is 0.885. The third-order valence-corrected chi connectivity index (χ3v) is 4.43. The van der Waals surface area contributed by atoms with Crippen LogP contribution in [0.4, 0.5) is 9.18 Å². The Morgan fingerprint density at radius 3 is 2.81 bits per heavy atom. The number of benzene rings is 1. The molecule has 0 radical (unpaired) electrons. The average Bonchev–Trinajstić information content (AvgIpc) is 2.85. The van der Waals surface area contributed by atoms with E-state index < -0.39 is 0 Å². The molecule has 2 amide bonds. The van der Waals surface area contributed by atoms with Gasteiger partial charge in [-0.1, -0.05) is 23.7 Å². The Bertz CT molecular complexity index is 632. The highest BCUT2D eigenvalue weighted by atomic mass is 35.5. The van der Waals surface area contributed by atoms with Crippen molar-refractivity contribution < 1.29 is 9.18 Å². The molecule has 0 aliphatic heterocycles. The van der Waals surface area contributed by atoms with Gasteiger partial charge in [-0.3, -0.25) is 0 Å². The largest absolute Gasteiger partial charge is 0.331 e. The molecule has 1 N–H and O–H groups in total. The summed E-state index contributed by atoms with van der Waals surface area (Å²) < 4.78 is 13.8. The molecule has 0 saturated carbocycles. The lowest BCUT2D eigenvalue weighted by Crippen LogP contribution is -2.38. The van der Waals surface area contributed by atoms with E-state index in [2.05, 4.69) is 5.32 Å². The maximum atomic E-state index is 13.1. The van der Waals surface area contributed by atoms with Crippen LogP contribution in [0.25, 0.3) is 0 Å². The molecule has 1 aromatic heterocycles. The molecule has 0 spiro atoms. The van der Waals surface area contributed by atoms with E-state index in [1.54, 1.807) is 25.2 Å². The average molecular weight is 327 g/mol. The van der Waals surface area contributed by atoms with Crippen LogP contribution in [0, 0.1) is 5.82 Å². The van der Waals surface area contributed by atoms with E-state index in [1.165, 1.54) is 28.4 Å². The maximum absolute atomic E-state index is 13.1. The van der Waals surface area contributed by atoms with Gasteiger partial charge in [-0.05, 0) is 36.8 Å². The highest BCUT2D eigenvalue weighted by Crippen LogP contribution is 2.26. The molecule has 1 aromatic carbocycles. The Hall–Kier alpha value is -1.59. The van der Waals surface area contributed by atoms with Crippen molar-refractivity contribution in [1.82, 2.24) is 10.2 Å². The van der Waals surface area contributed by atoms with E-state index in [0.29, 0.717) is 10.9 Å². The second kappa shape index (κ2) is 6.91. The van der Waals surface area contributed by atoms with Crippen molar-refractivity contribution in [3.63, 3.8) is 0 Å². The smallest absolute Gasteiger partial charge is 0.317 e. The fourth-order valence-corrected chi connectivity index (χ4v) is 2.97. The minimum atomic E-state index is -0.303. The Labute approximate surface area is 132 Å². The Morgan fingerprint density at radius 1 is 1.43 bits per heavy atom. The van der Waals surface area contributed by atoms with Gasteiger partial charge in [0.1, 0.15) is 5.82 Å². The lowest BCUT2D eigenvalue weighted by Gasteiger charge is -2.21. The number of thiophene rings is 1. The lowest BCUT2D eigenvalue weighted by molar-refractivity contribution is 0.203. The molecule has 1 atom stereocenters. The number of rotatable bonds is 4. The fourth-order valence-electron chi connectivity index (χ4n) is 1.91. The number of hydrogen-bond donors (Lipinski definition) is 1. The molecule has 2 rings (SSSR count). The minimum Gasteiger partial charge on any atom is -0.331 e. The number of carbonyl (C=O) groups excluding carboxylic acids is 1. The van der Waals surface area contributed by atoms with Gasteiger partial charge < -0.3 is 10.2 Å². The molecule has 1 heterocycles. The molecular weight excluding hydrogens is 311 g/mol. The van der Waals surface area contributed by atoms with Crippen LogP contribution in [-0.2, 0) is 6.54 Å². The van der Waals surface area contributed by atoms with Gasteiger partial charge in [0.15, 0.2) is 0 Å². The number of amides is 2. The first kappa shape index (κ1) is 15.8. The van der Waals surface area contributed by atoms with Crippen LogP contribution in [0.15, 0.2) is 36.4 Å². The Balaban J connectivity index is 1.93. The van der Waals surface area contributed by atoms with Crippen LogP contribution in [0.2, 0.25) is 4.34 Å². The van der Waals surface area contributed by atoms with Gasteiger partial charge in [0.25, 0.3) is 0 Å². The van der Waals surface area contributed by atoms with Gasteiger partial charge in [0.2, 0.25) is 0 Å². The topological polar surface area (TPSA) is 32.3 Å². The molecule has 0 fully saturated rings. The number of carbonyl (C=O) groups is 1. The van der Waals surface area contributed by atoms with Gasteiger partial charge >= 0.3 is 6.03 Å². The van der Waals surface area contributed by atoms with Crippen molar-refractivity contribution in [2.45, 2.75) is 19.5 Å². The van der Waals surface area contributed by atoms with Crippen LogP contribution in [0.3, 0.4) is 0 Å². The summed E-state index contributed by atoms with van der Waals surface area (Å²) in [6.07, 6.45) is 0. The highest BCUT2D eigenvalue weighted by Gasteiger charge is 2.15. The summed E-state index contributed by atoms with van der Waals surface area (Å²) in [5.74, 6) is -0.303. The summed E-state index contributed by atoms with van der Waals surface area (Å²) >= 11 is 7.32. The SMILES string of the molecule is CC(NC(=O)N(C)Cc1cccc(F)c1)c1ccc(Cl)s1. The summed E-state index contributed by atoms with van der Waals surface area (Å²) in [4.78, 5) is 14.6. The van der Waals surface area contributed by atoms with Crippen LogP contribution >= 0.6 is 22.9 Å². The predicted octanol–water partition coefficient (Wildman–Crippen LogP) is 4.44. The van der Waals surface area contributed by atoms with Gasteiger partial charge in [-0.15, -0.1) is 11.3 Å². The zero-order valence-electron chi connectivity index (χ0n) is 11.8. The van der Waals surface area contributed by atoms with Gasteiger partial charge in [0.05, 0.1) is 10.4 Å². The number of hydrogen-bond acceptors (Lipinski definition) is 2. The van der Waals surface area contributed by atoms with Crippen molar-refractivity contribution in [2.24, 2.45) is 0 Å². The highest BCUT2D eigenvalue weighted by molar-refractivity contribution is 7.16. The summed E-state index contributed by atoms with van der Waals surface area (Å²) in [5, 5.41) is 2.89. The van der Waals surface area contributed by atoms with Crippen molar-refractivity contribution in [3.05, 3.63) is 57.0 Å². The van der Waals surface area contributed by atoms with Gasteiger partial charge in [0, 0.05) is 18.5 Å².